The van der Waals surface area contributed by atoms with Crippen molar-refractivity contribution in [2.45, 2.75) is 33.1 Å². The number of thiophene rings is 1. The van der Waals surface area contributed by atoms with Crippen LogP contribution in [0.1, 0.15) is 41.1 Å². The minimum atomic E-state index is -0.353. The van der Waals surface area contributed by atoms with Gasteiger partial charge in [0.15, 0.2) is 0 Å². The molecule has 0 saturated heterocycles. The summed E-state index contributed by atoms with van der Waals surface area (Å²) < 4.78 is 13.0. The van der Waals surface area contributed by atoms with E-state index < -0.39 is 0 Å². The first-order valence-electron chi connectivity index (χ1n) is 7.93. The van der Waals surface area contributed by atoms with Gasteiger partial charge in [-0.1, -0.05) is 6.92 Å². The predicted octanol–water partition coefficient (Wildman–Crippen LogP) is 4.22. The number of anilines is 2. The van der Waals surface area contributed by atoms with Gasteiger partial charge in [-0.3, -0.25) is 9.59 Å². The standard InChI is InChI=1S/C18H19FN2O2S/c1-10-3-8-14-15(9-10)24-18(20-11(2)22)16(14)17(23)21-13-6-4-12(19)5-7-13/h4-7,10H,3,8-9H2,1-2H3,(H,20,22)(H,21,23). The molecule has 0 spiro atoms. The van der Waals surface area contributed by atoms with Crippen LogP contribution < -0.4 is 10.6 Å². The Morgan fingerprint density at radius 3 is 2.58 bits per heavy atom. The summed E-state index contributed by atoms with van der Waals surface area (Å²) in [6, 6.07) is 5.64. The van der Waals surface area contributed by atoms with Crippen LogP contribution in [0.2, 0.25) is 0 Å². The quantitative estimate of drug-likeness (QED) is 0.874. The SMILES string of the molecule is CC(=O)Nc1sc2c(c1C(=O)Nc1ccc(F)cc1)CCC(C)C2. The van der Waals surface area contributed by atoms with Gasteiger partial charge in [0, 0.05) is 17.5 Å². The Hall–Kier alpha value is -2.21. The molecule has 0 bridgehead atoms. The number of hydrogen-bond acceptors (Lipinski definition) is 3. The van der Waals surface area contributed by atoms with Crippen molar-refractivity contribution in [1.82, 2.24) is 0 Å². The molecule has 1 unspecified atom stereocenters. The molecule has 126 valence electrons. The van der Waals surface area contributed by atoms with Crippen LogP contribution in [0, 0.1) is 11.7 Å². The Kier molecular flexibility index (Phi) is 4.66. The maximum atomic E-state index is 13.0. The summed E-state index contributed by atoms with van der Waals surface area (Å²) in [6.07, 6.45) is 2.79. The molecule has 3 rings (SSSR count). The highest BCUT2D eigenvalue weighted by molar-refractivity contribution is 7.17. The topological polar surface area (TPSA) is 58.2 Å². The van der Waals surface area contributed by atoms with Gasteiger partial charge in [-0.2, -0.15) is 0 Å². The molecule has 0 aliphatic heterocycles. The zero-order valence-corrected chi connectivity index (χ0v) is 14.4. The van der Waals surface area contributed by atoms with Crippen molar-refractivity contribution in [1.29, 1.82) is 0 Å². The summed E-state index contributed by atoms with van der Waals surface area (Å²) in [4.78, 5) is 25.4. The first-order valence-corrected chi connectivity index (χ1v) is 8.74. The maximum Gasteiger partial charge on any atom is 0.258 e. The molecule has 2 amide bonds. The van der Waals surface area contributed by atoms with E-state index in [1.54, 1.807) is 0 Å². The molecule has 1 aromatic carbocycles. The smallest absolute Gasteiger partial charge is 0.258 e. The van der Waals surface area contributed by atoms with Gasteiger partial charge in [-0.25, -0.2) is 4.39 Å². The van der Waals surface area contributed by atoms with Crippen LogP contribution in [0.25, 0.3) is 0 Å². The highest BCUT2D eigenvalue weighted by atomic mass is 32.1. The second kappa shape index (κ2) is 6.73. The third-order valence-electron chi connectivity index (χ3n) is 4.13. The molecule has 0 saturated carbocycles. The molecule has 4 nitrogen and oxygen atoms in total. The average molecular weight is 346 g/mol. The fourth-order valence-electron chi connectivity index (χ4n) is 2.97. The lowest BCUT2D eigenvalue weighted by Gasteiger charge is -2.18. The fraction of sp³-hybridized carbons (Fsp3) is 0.333. The van der Waals surface area contributed by atoms with Gasteiger partial charge in [-0.05, 0) is 55.0 Å². The molecule has 1 aliphatic rings. The van der Waals surface area contributed by atoms with Gasteiger partial charge in [-0.15, -0.1) is 11.3 Å². The second-order valence-electron chi connectivity index (χ2n) is 6.20. The van der Waals surface area contributed by atoms with E-state index in [-0.39, 0.29) is 17.6 Å². The molecule has 1 atom stereocenters. The summed E-state index contributed by atoms with van der Waals surface area (Å²) in [7, 11) is 0. The van der Waals surface area contributed by atoms with E-state index in [1.165, 1.54) is 47.4 Å². The Balaban J connectivity index is 1.93. The van der Waals surface area contributed by atoms with E-state index in [2.05, 4.69) is 17.6 Å². The molecule has 1 aromatic heterocycles. The van der Waals surface area contributed by atoms with Crippen molar-refractivity contribution in [3.05, 3.63) is 46.1 Å². The molecular formula is C18H19FN2O2S. The van der Waals surface area contributed by atoms with Crippen molar-refractivity contribution >= 4 is 33.8 Å². The van der Waals surface area contributed by atoms with E-state index in [9.17, 15) is 14.0 Å². The molecule has 1 aliphatic carbocycles. The summed E-state index contributed by atoms with van der Waals surface area (Å²) in [6.45, 7) is 3.63. The third-order valence-corrected chi connectivity index (χ3v) is 5.30. The molecule has 2 N–H and O–H groups in total. The first-order chi connectivity index (χ1) is 11.4. The number of amides is 2. The average Bonchev–Trinajstić information content (AvgIpc) is 2.85. The summed E-state index contributed by atoms with van der Waals surface area (Å²) in [5.74, 6) is -0.238. The number of halogens is 1. The molecule has 24 heavy (non-hydrogen) atoms. The lowest BCUT2D eigenvalue weighted by atomic mass is 9.88. The molecule has 0 radical (unpaired) electrons. The molecule has 0 fully saturated rings. The number of benzene rings is 1. The van der Waals surface area contributed by atoms with Gasteiger partial charge in [0.1, 0.15) is 10.8 Å². The summed E-state index contributed by atoms with van der Waals surface area (Å²) in [5.41, 5.74) is 2.10. The Morgan fingerprint density at radius 2 is 1.92 bits per heavy atom. The van der Waals surface area contributed by atoms with Crippen LogP contribution in [0.3, 0.4) is 0 Å². The lowest BCUT2D eigenvalue weighted by molar-refractivity contribution is -0.114. The van der Waals surface area contributed by atoms with Gasteiger partial charge in [0.2, 0.25) is 5.91 Å². The number of nitrogens with one attached hydrogen (secondary N) is 2. The number of rotatable bonds is 3. The minimum absolute atomic E-state index is 0.197. The zero-order valence-electron chi connectivity index (χ0n) is 13.6. The van der Waals surface area contributed by atoms with Crippen LogP contribution in [0.5, 0.6) is 0 Å². The first kappa shape index (κ1) is 16.6. The molecule has 6 heteroatoms. The van der Waals surface area contributed by atoms with Crippen molar-refractivity contribution in [3.63, 3.8) is 0 Å². The number of carbonyl (C=O) groups is 2. The minimum Gasteiger partial charge on any atom is -0.322 e. The number of hydrogen-bond donors (Lipinski definition) is 2. The van der Waals surface area contributed by atoms with E-state index in [0.29, 0.717) is 22.2 Å². The Morgan fingerprint density at radius 1 is 1.21 bits per heavy atom. The van der Waals surface area contributed by atoms with Crippen LogP contribution in [-0.4, -0.2) is 11.8 Å². The fourth-order valence-corrected chi connectivity index (χ4v) is 4.42. The van der Waals surface area contributed by atoms with Gasteiger partial charge in [0.05, 0.1) is 5.56 Å². The maximum absolute atomic E-state index is 13.0. The zero-order chi connectivity index (χ0) is 17.3. The summed E-state index contributed by atoms with van der Waals surface area (Å²) in [5, 5.41) is 6.17. The van der Waals surface area contributed by atoms with E-state index in [0.717, 1.165) is 24.8 Å². The Bertz CT molecular complexity index is 783. The van der Waals surface area contributed by atoms with Crippen molar-refractivity contribution in [2.75, 3.05) is 10.6 Å². The van der Waals surface area contributed by atoms with Crippen LogP contribution in [0.4, 0.5) is 15.1 Å². The number of fused-ring (bicyclic) bond motifs is 1. The number of carbonyl (C=O) groups excluding carboxylic acids is 2. The lowest BCUT2D eigenvalue weighted by Crippen LogP contribution is -2.18. The second-order valence-corrected chi connectivity index (χ2v) is 7.30. The molecule has 2 aromatic rings. The van der Waals surface area contributed by atoms with Crippen molar-refractivity contribution < 1.29 is 14.0 Å². The van der Waals surface area contributed by atoms with Crippen molar-refractivity contribution in [2.24, 2.45) is 5.92 Å². The van der Waals surface area contributed by atoms with Crippen LogP contribution in [-0.2, 0) is 17.6 Å². The third kappa shape index (κ3) is 3.48. The van der Waals surface area contributed by atoms with Gasteiger partial charge in [0.25, 0.3) is 5.91 Å². The van der Waals surface area contributed by atoms with Crippen molar-refractivity contribution in [3.8, 4) is 0 Å². The van der Waals surface area contributed by atoms with E-state index >= 15 is 0 Å². The highest BCUT2D eigenvalue weighted by Crippen LogP contribution is 2.40. The van der Waals surface area contributed by atoms with E-state index in [1.807, 2.05) is 0 Å². The summed E-state index contributed by atoms with van der Waals surface area (Å²) >= 11 is 1.48. The predicted molar refractivity (Wildman–Crippen MR) is 94.2 cm³/mol. The monoisotopic (exact) mass is 346 g/mol. The molecular weight excluding hydrogens is 327 g/mol. The van der Waals surface area contributed by atoms with Gasteiger partial charge >= 0.3 is 0 Å². The largest absolute Gasteiger partial charge is 0.322 e. The van der Waals surface area contributed by atoms with Crippen LogP contribution in [0.15, 0.2) is 24.3 Å². The van der Waals surface area contributed by atoms with E-state index in [4.69, 9.17) is 0 Å². The highest BCUT2D eigenvalue weighted by Gasteiger charge is 2.28. The van der Waals surface area contributed by atoms with Gasteiger partial charge < -0.3 is 10.6 Å². The normalized spacial score (nSPS) is 16.4. The Labute approximate surface area is 144 Å². The van der Waals surface area contributed by atoms with Crippen LogP contribution >= 0.6 is 11.3 Å². The molecule has 1 heterocycles.